The number of benzene rings is 2. The quantitative estimate of drug-likeness (QED) is 0.701. The zero-order valence-electron chi connectivity index (χ0n) is 10.0. The van der Waals surface area contributed by atoms with Crippen LogP contribution in [0.1, 0.15) is 29.9 Å². The summed E-state index contributed by atoms with van der Waals surface area (Å²) in [4.78, 5) is 4.52. The Kier molecular flexibility index (Phi) is 2.93. The molecular formula is C16H14FN. The van der Waals surface area contributed by atoms with Crippen LogP contribution in [0.5, 0.6) is 0 Å². The van der Waals surface area contributed by atoms with Crippen LogP contribution >= 0.6 is 0 Å². The molecule has 0 unspecified atom stereocenters. The van der Waals surface area contributed by atoms with Gasteiger partial charge in [0, 0.05) is 6.21 Å². The van der Waals surface area contributed by atoms with Crippen molar-refractivity contribution in [3.05, 3.63) is 65.5 Å². The summed E-state index contributed by atoms with van der Waals surface area (Å²) in [5, 5.41) is 0. The Morgan fingerprint density at radius 1 is 1.00 bits per heavy atom. The molecular weight excluding hydrogens is 225 g/mol. The van der Waals surface area contributed by atoms with E-state index in [1.54, 1.807) is 18.3 Å². The largest absolute Gasteiger partial charge is 0.256 e. The third-order valence-electron chi connectivity index (χ3n) is 3.18. The second-order valence-corrected chi connectivity index (χ2v) is 4.64. The molecule has 0 spiro atoms. The van der Waals surface area contributed by atoms with Gasteiger partial charge in [0.2, 0.25) is 0 Å². The van der Waals surface area contributed by atoms with Crippen LogP contribution in [0, 0.1) is 5.82 Å². The topological polar surface area (TPSA) is 12.4 Å². The van der Waals surface area contributed by atoms with Gasteiger partial charge in [-0.05, 0) is 48.1 Å². The molecule has 1 fully saturated rings. The second kappa shape index (κ2) is 4.73. The van der Waals surface area contributed by atoms with E-state index in [9.17, 15) is 4.39 Å². The van der Waals surface area contributed by atoms with Gasteiger partial charge >= 0.3 is 0 Å². The van der Waals surface area contributed by atoms with Gasteiger partial charge in [0.05, 0.1) is 5.69 Å². The molecule has 18 heavy (non-hydrogen) atoms. The molecule has 0 atom stereocenters. The van der Waals surface area contributed by atoms with Crippen molar-refractivity contribution in [1.29, 1.82) is 0 Å². The summed E-state index contributed by atoms with van der Waals surface area (Å²) in [7, 11) is 0. The lowest BCUT2D eigenvalue weighted by Crippen LogP contribution is -1.83. The number of aliphatic imine (C=N–C) groups is 1. The minimum absolute atomic E-state index is 0.217. The molecule has 0 N–H and O–H groups in total. The zero-order chi connectivity index (χ0) is 12.4. The molecule has 0 amide bonds. The van der Waals surface area contributed by atoms with Crippen molar-refractivity contribution in [2.24, 2.45) is 4.99 Å². The summed E-state index contributed by atoms with van der Waals surface area (Å²) >= 11 is 0. The van der Waals surface area contributed by atoms with E-state index >= 15 is 0 Å². The first kappa shape index (κ1) is 11.1. The Bertz CT molecular complexity index is 568. The third-order valence-corrected chi connectivity index (χ3v) is 3.18. The molecule has 1 saturated carbocycles. The summed E-state index contributed by atoms with van der Waals surface area (Å²) in [5.74, 6) is 0.470. The van der Waals surface area contributed by atoms with Gasteiger partial charge in [-0.3, -0.25) is 4.99 Å². The summed E-state index contributed by atoms with van der Waals surface area (Å²) in [5.41, 5.74) is 3.28. The van der Waals surface area contributed by atoms with Crippen molar-refractivity contribution >= 4 is 11.9 Å². The standard InChI is InChI=1S/C16H14FN/c17-14-9-5-12(6-10-14)11-18-16-4-2-1-3-15(16)13-7-8-13/h1-6,9-11,13H,7-8H2. The monoisotopic (exact) mass is 239 g/mol. The first-order valence-corrected chi connectivity index (χ1v) is 6.21. The molecule has 1 nitrogen and oxygen atoms in total. The minimum atomic E-state index is -0.217. The maximum absolute atomic E-state index is 12.8. The van der Waals surface area contributed by atoms with Crippen LogP contribution in [0.4, 0.5) is 10.1 Å². The van der Waals surface area contributed by atoms with Crippen molar-refractivity contribution in [1.82, 2.24) is 0 Å². The third kappa shape index (κ3) is 2.48. The molecule has 90 valence electrons. The second-order valence-electron chi connectivity index (χ2n) is 4.64. The molecule has 2 aromatic rings. The Hall–Kier alpha value is -1.96. The lowest BCUT2D eigenvalue weighted by molar-refractivity contribution is 0.628. The Balaban J connectivity index is 1.85. The molecule has 0 aliphatic heterocycles. The Labute approximate surface area is 106 Å². The van der Waals surface area contributed by atoms with Crippen LogP contribution in [0.3, 0.4) is 0 Å². The van der Waals surface area contributed by atoms with Crippen molar-refractivity contribution < 1.29 is 4.39 Å². The molecule has 3 rings (SSSR count). The van der Waals surface area contributed by atoms with Crippen LogP contribution in [-0.4, -0.2) is 6.21 Å². The normalized spacial score (nSPS) is 15.2. The maximum Gasteiger partial charge on any atom is 0.123 e. The van der Waals surface area contributed by atoms with Crippen LogP contribution in [0.25, 0.3) is 0 Å². The van der Waals surface area contributed by atoms with Gasteiger partial charge in [0.1, 0.15) is 5.82 Å². The molecule has 1 aliphatic carbocycles. The van der Waals surface area contributed by atoms with Crippen LogP contribution in [-0.2, 0) is 0 Å². The van der Waals surface area contributed by atoms with E-state index < -0.39 is 0 Å². The summed E-state index contributed by atoms with van der Waals surface area (Å²) < 4.78 is 12.8. The fourth-order valence-electron chi connectivity index (χ4n) is 2.04. The number of halogens is 1. The van der Waals surface area contributed by atoms with E-state index in [2.05, 4.69) is 17.1 Å². The smallest absolute Gasteiger partial charge is 0.123 e. The lowest BCUT2D eigenvalue weighted by Gasteiger charge is -2.02. The van der Waals surface area contributed by atoms with Gasteiger partial charge in [0.15, 0.2) is 0 Å². The number of rotatable bonds is 3. The molecule has 0 bridgehead atoms. The molecule has 0 aromatic heterocycles. The highest BCUT2D eigenvalue weighted by Crippen LogP contribution is 2.44. The number of hydrogen-bond acceptors (Lipinski definition) is 1. The van der Waals surface area contributed by atoms with E-state index in [1.807, 2.05) is 12.1 Å². The lowest BCUT2D eigenvalue weighted by atomic mass is 10.1. The number of nitrogens with zero attached hydrogens (tertiary/aromatic N) is 1. The average Bonchev–Trinajstić information content (AvgIpc) is 3.23. The van der Waals surface area contributed by atoms with Gasteiger partial charge in [-0.25, -0.2) is 4.39 Å². The predicted octanol–water partition coefficient (Wildman–Crippen LogP) is 4.45. The van der Waals surface area contributed by atoms with Gasteiger partial charge in [-0.1, -0.05) is 30.3 Å². The van der Waals surface area contributed by atoms with Crippen LogP contribution < -0.4 is 0 Å². The van der Waals surface area contributed by atoms with E-state index in [-0.39, 0.29) is 5.82 Å². The SMILES string of the molecule is Fc1ccc(C=Nc2ccccc2C2CC2)cc1. The molecule has 1 aliphatic rings. The summed E-state index contributed by atoms with van der Waals surface area (Å²) in [6.07, 6.45) is 4.33. The predicted molar refractivity (Wildman–Crippen MR) is 72.1 cm³/mol. The first-order chi connectivity index (χ1) is 8.83. The fourth-order valence-corrected chi connectivity index (χ4v) is 2.04. The first-order valence-electron chi connectivity index (χ1n) is 6.21. The molecule has 0 heterocycles. The molecule has 0 saturated heterocycles. The van der Waals surface area contributed by atoms with Crippen molar-refractivity contribution in [3.63, 3.8) is 0 Å². The fraction of sp³-hybridized carbons (Fsp3) is 0.188. The van der Waals surface area contributed by atoms with Crippen molar-refractivity contribution in [2.45, 2.75) is 18.8 Å². The van der Waals surface area contributed by atoms with E-state index in [1.165, 1.54) is 30.5 Å². The van der Waals surface area contributed by atoms with Gasteiger partial charge in [-0.2, -0.15) is 0 Å². The van der Waals surface area contributed by atoms with Gasteiger partial charge in [-0.15, -0.1) is 0 Å². The Morgan fingerprint density at radius 2 is 1.72 bits per heavy atom. The van der Waals surface area contributed by atoms with E-state index in [0.717, 1.165) is 11.3 Å². The summed E-state index contributed by atoms with van der Waals surface area (Å²) in [6, 6.07) is 14.6. The van der Waals surface area contributed by atoms with Gasteiger partial charge < -0.3 is 0 Å². The highest BCUT2D eigenvalue weighted by Gasteiger charge is 2.25. The molecule has 0 radical (unpaired) electrons. The van der Waals surface area contributed by atoms with Crippen LogP contribution in [0.15, 0.2) is 53.5 Å². The van der Waals surface area contributed by atoms with Crippen molar-refractivity contribution in [3.8, 4) is 0 Å². The van der Waals surface area contributed by atoms with Crippen molar-refractivity contribution in [2.75, 3.05) is 0 Å². The molecule has 2 aromatic carbocycles. The number of para-hydroxylation sites is 1. The Morgan fingerprint density at radius 3 is 2.44 bits per heavy atom. The average molecular weight is 239 g/mol. The van der Waals surface area contributed by atoms with E-state index in [4.69, 9.17) is 0 Å². The highest BCUT2D eigenvalue weighted by atomic mass is 19.1. The summed E-state index contributed by atoms with van der Waals surface area (Å²) in [6.45, 7) is 0. The molecule has 2 heteroatoms. The zero-order valence-corrected chi connectivity index (χ0v) is 10.0. The minimum Gasteiger partial charge on any atom is -0.256 e. The maximum atomic E-state index is 12.8. The number of hydrogen-bond donors (Lipinski definition) is 0. The highest BCUT2D eigenvalue weighted by molar-refractivity contribution is 5.82. The van der Waals surface area contributed by atoms with Crippen LogP contribution in [0.2, 0.25) is 0 Å². The van der Waals surface area contributed by atoms with E-state index in [0.29, 0.717) is 5.92 Å². The van der Waals surface area contributed by atoms with Gasteiger partial charge in [0.25, 0.3) is 0 Å².